The Morgan fingerprint density at radius 2 is 2.45 bits per heavy atom. The summed E-state index contributed by atoms with van der Waals surface area (Å²) in [6.45, 7) is 0. The van der Waals surface area contributed by atoms with Crippen LogP contribution in [0.3, 0.4) is 0 Å². The summed E-state index contributed by atoms with van der Waals surface area (Å²) in [5, 5.41) is 9.05. The Morgan fingerprint density at radius 1 is 1.64 bits per heavy atom. The number of cyclic esters (lactones) is 1. The third-order valence-corrected chi connectivity index (χ3v) is 1.51. The number of aromatic nitrogens is 1. The number of ether oxygens (including phenoxy) is 1. The molecule has 0 spiro atoms. The third kappa shape index (κ3) is 0.798. The highest BCUT2D eigenvalue weighted by Gasteiger charge is 2.29. The molecule has 1 aliphatic rings. The summed E-state index contributed by atoms with van der Waals surface area (Å²) in [6.07, 6.45) is 0.322. The number of nitrogens with zero attached hydrogens (tertiary/aromatic N) is 1. The lowest BCUT2D eigenvalue weighted by molar-refractivity contribution is -0.0568. The van der Waals surface area contributed by atoms with Crippen LogP contribution in [0.15, 0.2) is 18.3 Å². The van der Waals surface area contributed by atoms with Gasteiger partial charge >= 0.3 is 5.97 Å². The number of carbonyl (C=O) groups is 1. The molecule has 1 N–H and O–H groups in total. The van der Waals surface area contributed by atoms with Crippen LogP contribution >= 0.6 is 0 Å². The molecule has 0 aliphatic carbocycles. The molecular formula is C7H5NO3. The van der Waals surface area contributed by atoms with Crippen molar-refractivity contribution in [3.05, 3.63) is 29.6 Å². The molecule has 1 aromatic rings. The van der Waals surface area contributed by atoms with Gasteiger partial charge in [-0.2, -0.15) is 0 Å². The van der Waals surface area contributed by atoms with Crippen LogP contribution in [-0.4, -0.2) is 16.1 Å². The van der Waals surface area contributed by atoms with Crippen molar-refractivity contribution in [1.82, 2.24) is 4.98 Å². The van der Waals surface area contributed by atoms with Crippen molar-refractivity contribution < 1.29 is 14.6 Å². The Labute approximate surface area is 62.4 Å². The molecule has 2 heterocycles. The second-order valence-electron chi connectivity index (χ2n) is 2.19. The zero-order valence-corrected chi connectivity index (χ0v) is 5.52. The van der Waals surface area contributed by atoms with E-state index in [0.29, 0.717) is 11.3 Å². The van der Waals surface area contributed by atoms with Gasteiger partial charge in [0.25, 0.3) is 0 Å². The van der Waals surface area contributed by atoms with E-state index >= 15 is 0 Å². The Kier molecular flexibility index (Phi) is 1.16. The van der Waals surface area contributed by atoms with E-state index in [1.165, 1.54) is 6.20 Å². The maximum Gasteiger partial charge on any atom is 0.342 e. The fourth-order valence-electron chi connectivity index (χ4n) is 1.01. The van der Waals surface area contributed by atoms with Crippen LogP contribution in [0.5, 0.6) is 0 Å². The van der Waals surface area contributed by atoms with Crippen molar-refractivity contribution >= 4 is 5.97 Å². The fraction of sp³-hybridized carbons (Fsp3) is 0.143. The normalized spacial score (nSPS) is 21.2. The van der Waals surface area contributed by atoms with Crippen LogP contribution in [0.4, 0.5) is 0 Å². The van der Waals surface area contributed by atoms with Gasteiger partial charge < -0.3 is 9.84 Å². The van der Waals surface area contributed by atoms with E-state index in [-0.39, 0.29) is 0 Å². The standard InChI is InChI=1S/C7H5NO3/c9-6-4-2-1-3-8-5(4)7(10)11-6/h1-3,7,10H/t7-/m1/s1. The molecule has 0 radical (unpaired) electrons. The van der Waals surface area contributed by atoms with E-state index in [2.05, 4.69) is 9.72 Å². The predicted octanol–water partition coefficient (Wildman–Crippen LogP) is 0.243. The Balaban J connectivity index is 2.60. The van der Waals surface area contributed by atoms with Crippen LogP contribution in [0, 0.1) is 0 Å². The van der Waals surface area contributed by atoms with Crippen molar-refractivity contribution in [2.24, 2.45) is 0 Å². The van der Waals surface area contributed by atoms with Crippen LogP contribution in [-0.2, 0) is 4.74 Å². The molecule has 0 saturated heterocycles. The van der Waals surface area contributed by atoms with Crippen molar-refractivity contribution in [3.63, 3.8) is 0 Å². The van der Waals surface area contributed by atoms with Crippen molar-refractivity contribution in [3.8, 4) is 0 Å². The van der Waals surface area contributed by atoms with Gasteiger partial charge in [0.2, 0.25) is 6.29 Å². The van der Waals surface area contributed by atoms with Gasteiger partial charge in [-0.15, -0.1) is 0 Å². The number of hydrogen-bond acceptors (Lipinski definition) is 4. The van der Waals surface area contributed by atoms with Crippen molar-refractivity contribution in [1.29, 1.82) is 0 Å². The number of aliphatic hydroxyl groups is 1. The zero-order valence-electron chi connectivity index (χ0n) is 5.52. The molecule has 1 aliphatic heterocycles. The van der Waals surface area contributed by atoms with Gasteiger partial charge in [0.1, 0.15) is 5.69 Å². The van der Waals surface area contributed by atoms with E-state index in [9.17, 15) is 4.79 Å². The van der Waals surface area contributed by atoms with Gasteiger partial charge in [0.15, 0.2) is 0 Å². The minimum Gasteiger partial charge on any atom is -0.426 e. The molecular weight excluding hydrogens is 146 g/mol. The van der Waals surface area contributed by atoms with Gasteiger partial charge in [-0.05, 0) is 12.1 Å². The molecule has 4 heteroatoms. The van der Waals surface area contributed by atoms with Gasteiger partial charge in [0, 0.05) is 6.20 Å². The first-order valence-corrected chi connectivity index (χ1v) is 3.13. The van der Waals surface area contributed by atoms with E-state index in [1.54, 1.807) is 12.1 Å². The summed E-state index contributed by atoms with van der Waals surface area (Å²) in [5.41, 5.74) is 0.650. The van der Waals surface area contributed by atoms with Crippen LogP contribution in [0.1, 0.15) is 22.3 Å². The first-order chi connectivity index (χ1) is 5.29. The maximum absolute atomic E-state index is 10.9. The van der Waals surface area contributed by atoms with Gasteiger partial charge in [-0.1, -0.05) is 0 Å². The van der Waals surface area contributed by atoms with Gasteiger partial charge in [-0.3, -0.25) is 4.98 Å². The molecule has 0 bridgehead atoms. The summed E-state index contributed by atoms with van der Waals surface area (Å²) in [4.78, 5) is 14.6. The van der Waals surface area contributed by atoms with Crippen molar-refractivity contribution in [2.75, 3.05) is 0 Å². The number of pyridine rings is 1. The number of rotatable bonds is 0. The predicted molar refractivity (Wildman–Crippen MR) is 34.6 cm³/mol. The molecule has 0 amide bonds. The summed E-state index contributed by atoms with van der Waals surface area (Å²) in [7, 11) is 0. The van der Waals surface area contributed by atoms with Crippen LogP contribution < -0.4 is 0 Å². The van der Waals surface area contributed by atoms with E-state index < -0.39 is 12.3 Å². The molecule has 0 unspecified atom stereocenters. The fourth-order valence-corrected chi connectivity index (χ4v) is 1.01. The number of esters is 1. The summed E-state index contributed by atoms with van der Waals surface area (Å²) < 4.78 is 4.49. The van der Waals surface area contributed by atoms with E-state index in [1.807, 2.05) is 0 Å². The summed E-state index contributed by atoms with van der Waals surface area (Å²) >= 11 is 0. The smallest absolute Gasteiger partial charge is 0.342 e. The number of fused-ring (bicyclic) bond motifs is 1. The number of carbonyl (C=O) groups excluding carboxylic acids is 1. The highest BCUT2D eigenvalue weighted by Crippen LogP contribution is 2.25. The van der Waals surface area contributed by atoms with E-state index in [4.69, 9.17) is 5.11 Å². The molecule has 1 aromatic heterocycles. The number of aliphatic hydroxyl groups excluding tert-OH is 1. The molecule has 0 aromatic carbocycles. The number of hydrogen-bond donors (Lipinski definition) is 1. The maximum atomic E-state index is 10.9. The quantitative estimate of drug-likeness (QED) is 0.539. The topological polar surface area (TPSA) is 59.4 Å². The molecule has 0 saturated carbocycles. The SMILES string of the molecule is O=C1O[C@@H](O)c2ncccc21. The third-order valence-electron chi connectivity index (χ3n) is 1.51. The summed E-state index contributed by atoms with van der Waals surface area (Å²) in [6, 6.07) is 3.19. The summed E-state index contributed by atoms with van der Waals surface area (Å²) in [5.74, 6) is -0.513. The van der Waals surface area contributed by atoms with E-state index in [0.717, 1.165) is 0 Å². The average molecular weight is 151 g/mol. The molecule has 0 fully saturated rings. The first-order valence-electron chi connectivity index (χ1n) is 3.13. The Bertz CT molecular complexity index is 310. The second kappa shape index (κ2) is 2.03. The highest BCUT2D eigenvalue weighted by molar-refractivity contribution is 5.92. The lowest BCUT2D eigenvalue weighted by Crippen LogP contribution is -1.96. The second-order valence-corrected chi connectivity index (χ2v) is 2.19. The lowest BCUT2D eigenvalue weighted by atomic mass is 10.2. The largest absolute Gasteiger partial charge is 0.426 e. The lowest BCUT2D eigenvalue weighted by Gasteiger charge is -1.97. The zero-order chi connectivity index (χ0) is 7.84. The van der Waals surface area contributed by atoms with Crippen LogP contribution in [0.25, 0.3) is 0 Å². The Morgan fingerprint density at radius 3 is 3.18 bits per heavy atom. The molecule has 2 rings (SSSR count). The Hall–Kier alpha value is -1.42. The monoisotopic (exact) mass is 151 g/mol. The first kappa shape index (κ1) is 6.30. The average Bonchev–Trinajstić information content (AvgIpc) is 2.30. The molecule has 4 nitrogen and oxygen atoms in total. The molecule has 56 valence electrons. The molecule has 11 heavy (non-hydrogen) atoms. The van der Waals surface area contributed by atoms with Gasteiger partial charge in [-0.25, -0.2) is 4.79 Å². The van der Waals surface area contributed by atoms with Crippen LogP contribution in [0.2, 0.25) is 0 Å². The highest BCUT2D eigenvalue weighted by atomic mass is 16.6. The van der Waals surface area contributed by atoms with Crippen molar-refractivity contribution in [2.45, 2.75) is 6.29 Å². The minimum atomic E-state index is -1.18. The van der Waals surface area contributed by atoms with Gasteiger partial charge in [0.05, 0.1) is 5.56 Å². The minimum absolute atomic E-state index is 0.303. The molecule has 1 atom stereocenters.